The van der Waals surface area contributed by atoms with Crippen LogP contribution in [0.2, 0.25) is 0 Å². The molecule has 0 atom stereocenters. The van der Waals surface area contributed by atoms with Gasteiger partial charge in [-0.05, 0) is 30.9 Å². The summed E-state index contributed by atoms with van der Waals surface area (Å²) in [6.45, 7) is 1.54. The molecule has 0 heterocycles. The molecule has 2 rings (SSSR count). The van der Waals surface area contributed by atoms with Gasteiger partial charge in [0.1, 0.15) is 0 Å². The van der Waals surface area contributed by atoms with E-state index in [9.17, 15) is 4.79 Å². The fourth-order valence-electron chi connectivity index (χ4n) is 1.98. The molecule has 0 unspecified atom stereocenters. The Morgan fingerprint density at radius 1 is 1.33 bits per heavy atom. The van der Waals surface area contributed by atoms with Crippen molar-refractivity contribution in [1.82, 2.24) is 0 Å². The molecule has 15 heavy (non-hydrogen) atoms. The predicted octanol–water partition coefficient (Wildman–Crippen LogP) is 3.21. The smallest absolute Gasteiger partial charge is 0.221 e. The first-order chi connectivity index (χ1) is 7.27. The molecule has 1 amide bonds. The molecule has 0 fully saturated rings. The fourth-order valence-corrected chi connectivity index (χ4v) is 1.98. The number of hydrogen-bond donors (Lipinski definition) is 1. The normalized spacial score (nSPS) is 14.9. The van der Waals surface area contributed by atoms with E-state index in [1.807, 2.05) is 18.2 Å². The zero-order valence-corrected chi connectivity index (χ0v) is 8.92. The number of para-hydroxylation sites is 1. The van der Waals surface area contributed by atoms with Crippen molar-refractivity contribution in [2.75, 3.05) is 5.32 Å². The van der Waals surface area contributed by atoms with Crippen molar-refractivity contribution in [1.29, 1.82) is 0 Å². The molecular formula is C13H15NO. The third-order valence-corrected chi connectivity index (χ3v) is 2.62. The average Bonchev–Trinajstić information content (AvgIpc) is 2.70. The number of amides is 1. The molecule has 0 saturated heterocycles. The Labute approximate surface area is 90.0 Å². The van der Waals surface area contributed by atoms with Crippen LogP contribution in [0, 0.1) is 0 Å². The van der Waals surface area contributed by atoms with E-state index in [0.717, 1.165) is 18.5 Å². The molecule has 0 spiro atoms. The van der Waals surface area contributed by atoms with Gasteiger partial charge >= 0.3 is 0 Å². The Hall–Kier alpha value is -1.57. The van der Waals surface area contributed by atoms with E-state index in [1.165, 1.54) is 17.6 Å². The first-order valence-corrected chi connectivity index (χ1v) is 5.33. The molecule has 1 aliphatic rings. The Morgan fingerprint density at radius 2 is 2.13 bits per heavy atom. The van der Waals surface area contributed by atoms with Crippen LogP contribution >= 0.6 is 0 Å². The van der Waals surface area contributed by atoms with Crippen molar-refractivity contribution in [3.63, 3.8) is 0 Å². The zero-order valence-electron chi connectivity index (χ0n) is 8.92. The number of allylic oxidation sites excluding steroid dienone is 2. The first-order valence-electron chi connectivity index (χ1n) is 5.33. The maximum Gasteiger partial charge on any atom is 0.221 e. The van der Waals surface area contributed by atoms with Crippen molar-refractivity contribution < 1.29 is 4.79 Å². The first kappa shape index (κ1) is 9.97. The van der Waals surface area contributed by atoms with Gasteiger partial charge < -0.3 is 5.32 Å². The van der Waals surface area contributed by atoms with Gasteiger partial charge in [-0.2, -0.15) is 0 Å². The quantitative estimate of drug-likeness (QED) is 0.782. The molecule has 2 nitrogen and oxygen atoms in total. The molecule has 1 N–H and O–H groups in total. The SMILES string of the molecule is CC(=O)Nc1ccccc1C1=CCCC1. The van der Waals surface area contributed by atoms with Gasteiger partial charge in [-0.15, -0.1) is 0 Å². The zero-order chi connectivity index (χ0) is 10.7. The molecule has 1 aliphatic carbocycles. The Kier molecular flexibility index (Phi) is 2.86. The summed E-state index contributed by atoms with van der Waals surface area (Å²) in [6.07, 6.45) is 5.77. The molecule has 0 saturated carbocycles. The summed E-state index contributed by atoms with van der Waals surface area (Å²) in [5.74, 6) is -0.0129. The van der Waals surface area contributed by atoms with Gasteiger partial charge in [0, 0.05) is 18.2 Å². The number of benzene rings is 1. The minimum absolute atomic E-state index is 0.0129. The largest absolute Gasteiger partial charge is 0.326 e. The maximum absolute atomic E-state index is 11.0. The summed E-state index contributed by atoms with van der Waals surface area (Å²) in [5.41, 5.74) is 3.46. The van der Waals surface area contributed by atoms with E-state index in [1.54, 1.807) is 6.92 Å². The van der Waals surface area contributed by atoms with Crippen LogP contribution in [0.25, 0.3) is 5.57 Å². The van der Waals surface area contributed by atoms with Gasteiger partial charge in [0.15, 0.2) is 0 Å². The van der Waals surface area contributed by atoms with Crippen LogP contribution in [0.5, 0.6) is 0 Å². The highest BCUT2D eigenvalue weighted by atomic mass is 16.1. The van der Waals surface area contributed by atoms with E-state index in [0.29, 0.717) is 0 Å². The van der Waals surface area contributed by atoms with Crippen LogP contribution < -0.4 is 5.32 Å². The van der Waals surface area contributed by atoms with Crippen LogP contribution in [0.4, 0.5) is 5.69 Å². The average molecular weight is 201 g/mol. The minimum Gasteiger partial charge on any atom is -0.326 e. The van der Waals surface area contributed by atoms with Crippen molar-refractivity contribution in [3.05, 3.63) is 35.9 Å². The highest BCUT2D eigenvalue weighted by molar-refractivity contribution is 5.92. The van der Waals surface area contributed by atoms with Crippen LogP contribution in [0.15, 0.2) is 30.3 Å². The Balaban J connectivity index is 2.33. The van der Waals surface area contributed by atoms with Gasteiger partial charge in [-0.3, -0.25) is 4.79 Å². The summed E-state index contributed by atoms with van der Waals surface area (Å²) in [7, 11) is 0. The van der Waals surface area contributed by atoms with E-state index in [-0.39, 0.29) is 5.91 Å². The van der Waals surface area contributed by atoms with Crippen LogP contribution in [0.3, 0.4) is 0 Å². The number of nitrogens with one attached hydrogen (secondary N) is 1. The molecule has 1 aromatic rings. The number of hydrogen-bond acceptors (Lipinski definition) is 1. The molecule has 1 aromatic carbocycles. The second-order valence-corrected chi connectivity index (χ2v) is 3.85. The number of carbonyl (C=O) groups excluding carboxylic acids is 1. The van der Waals surface area contributed by atoms with Gasteiger partial charge in [0.2, 0.25) is 5.91 Å². The second-order valence-electron chi connectivity index (χ2n) is 3.85. The topological polar surface area (TPSA) is 29.1 Å². The molecule has 0 radical (unpaired) electrons. The predicted molar refractivity (Wildman–Crippen MR) is 62.6 cm³/mol. The summed E-state index contributed by atoms with van der Waals surface area (Å²) < 4.78 is 0. The number of carbonyl (C=O) groups is 1. The summed E-state index contributed by atoms with van der Waals surface area (Å²) >= 11 is 0. The summed E-state index contributed by atoms with van der Waals surface area (Å²) in [4.78, 5) is 11.0. The molecular weight excluding hydrogens is 186 g/mol. The lowest BCUT2D eigenvalue weighted by Crippen LogP contribution is -2.07. The van der Waals surface area contributed by atoms with E-state index >= 15 is 0 Å². The highest BCUT2D eigenvalue weighted by Gasteiger charge is 2.11. The maximum atomic E-state index is 11.0. The van der Waals surface area contributed by atoms with E-state index in [2.05, 4.69) is 17.5 Å². The molecule has 0 aliphatic heterocycles. The van der Waals surface area contributed by atoms with E-state index < -0.39 is 0 Å². The fraction of sp³-hybridized carbons (Fsp3) is 0.308. The lowest BCUT2D eigenvalue weighted by atomic mass is 10.0. The summed E-state index contributed by atoms with van der Waals surface area (Å²) in [5, 5.41) is 2.87. The lowest BCUT2D eigenvalue weighted by Gasteiger charge is -2.10. The van der Waals surface area contributed by atoms with Crippen molar-refractivity contribution in [2.45, 2.75) is 26.2 Å². The molecule has 0 bridgehead atoms. The standard InChI is InChI=1S/C13H15NO/c1-10(15)14-13-9-5-4-8-12(13)11-6-2-3-7-11/h4-6,8-9H,2-3,7H2,1H3,(H,14,15). The second kappa shape index (κ2) is 4.30. The van der Waals surface area contributed by atoms with Gasteiger partial charge in [0.05, 0.1) is 0 Å². The van der Waals surface area contributed by atoms with Crippen molar-refractivity contribution >= 4 is 17.2 Å². The third kappa shape index (κ3) is 2.27. The molecule has 78 valence electrons. The number of anilines is 1. The van der Waals surface area contributed by atoms with Gasteiger partial charge in [-0.25, -0.2) is 0 Å². The Bertz CT molecular complexity index is 407. The third-order valence-electron chi connectivity index (χ3n) is 2.62. The van der Waals surface area contributed by atoms with Crippen LogP contribution in [-0.2, 0) is 4.79 Å². The minimum atomic E-state index is -0.0129. The van der Waals surface area contributed by atoms with Gasteiger partial charge in [-0.1, -0.05) is 24.3 Å². The monoisotopic (exact) mass is 201 g/mol. The van der Waals surface area contributed by atoms with Crippen LogP contribution in [-0.4, -0.2) is 5.91 Å². The molecule has 0 aromatic heterocycles. The molecule has 2 heteroatoms. The van der Waals surface area contributed by atoms with Gasteiger partial charge in [0.25, 0.3) is 0 Å². The lowest BCUT2D eigenvalue weighted by molar-refractivity contribution is -0.114. The van der Waals surface area contributed by atoms with E-state index in [4.69, 9.17) is 0 Å². The number of rotatable bonds is 2. The highest BCUT2D eigenvalue weighted by Crippen LogP contribution is 2.32. The van der Waals surface area contributed by atoms with Crippen LogP contribution in [0.1, 0.15) is 31.7 Å². The Morgan fingerprint density at radius 3 is 2.80 bits per heavy atom. The van der Waals surface area contributed by atoms with Crippen molar-refractivity contribution in [2.24, 2.45) is 0 Å². The van der Waals surface area contributed by atoms with Crippen molar-refractivity contribution in [3.8, 4) is 0 Å². The summed E-state index contributed by atoms with van der Waals surface area (Å²) in [6, 6.07) is 7.99.